The first-order valence-corrected chi connectivity index (χ1v) is 10.4. The third kappa shape index (κ3) is 42.9. The molecule has 0 atom stereocenters. The Balaban J connectivity index is -0.000000520. The Kier molecular flexibility index (Phi) is 21.3. The smallest absolute Gasteiger partial charge is 0.756 e. The van der Waals surface area contributed by atoms with E-state index in [2.05, 4.69) is 6.92 Å². The number of rotatable bonds is 11. The van der Waals surface area contributed by atoms with Gasteiger partial charge in [-0.25, -0.2) is 0 Å². The summed E-state index contributed by atoms with van der Waals surface area (Å²) >= 11 is 0. The molecule has 10 heteroatoms. The van der Waals surface area contributed by atoms with Crippen LogP contribution < -0.4 is 34.5 Å². The molecule has 130 valence electrons. The van der Waals surface area contributed by atoms with E-state index < -0.39 is 17.9 Å². The molecular formula is C12H28NaO7PS. The average molecular weight is 370 g/mol. The van der Waals surface area contributed by atoms with E-state index >= 15 is 0 Å². The normalized spacial score (nSPS) is 11.3. The molecule has 0 unspecified atom stereocenters. The first-order valence-electron chi connectivity index (χ1n) is 7.28. The minimum absolute atomic E-state index is 0. The van der Waals surface area contributed by atoms with Gasteiger partial charge >= 0.3 is 29.6 Å². The quantitative estimate of drug-likeness (QED) is 0.188. The summed E-state index contributed by atoms with van der Waals surface area (Å²) < 4.78 is 38.1. The Labute approximate surface area is 156 Å². The van der Waals surface area contributed by atoms with Crippen LogP contribution in [0.25, 0.3) is 0 Å². The molecule has 0 amide bonds. The molecule has 0 aromatic rings. The van der Waals surface area contributed by atoms with Crippen LogP contribution in [0.3, 0.4) is 0 Å². The van der Waals surface area contributed by atoms with Crippen molar-refractivity contribution in [3.63, 3.8) is 0 Å². The van der Waals surface area contributed by atoms with E-state index in [4.69, 9.17) is 23.8 Å². The van der Waals surface area contributed by atoms with E-state index in [0.717, 1.165) is 12.8 Å². The third-order valence-corrected chi connectivity index (χ3v) is 3.56. The van der Waals surface area contributed by atoms with Crippen LogP contribution in [-0.2, 0) is 14.7 Å². The van der Waals surface area contributed by atoms with Crippen LogP contribution in [0.5, 0.6) is 0 Å². The van der Waals surface area contributed by atoms with E-state index in [-0.39, 0.29) is 35.3 Å². The second-order valence-corrected chi connectivity index (χ2v) is 7.51. The van der Waals surface area contributed by atoms with Crippen molar-refractivity contribution in [2.24, 2.45) is 0 Å². The van der Waals surface area contributed by atoms with E-state index in [1.807, 2.05) is 0 Å². The van der Waals surface area contributed by atoms with Crippen molar-refractivity contribution in [2.75, 3.05) is 5.75 Å². The predicted molar refractivity (Wildman–Crippen MR) is 80.3 cm³/mol. The number of hydrogen-bond donors (Lipinski definition) is 3. The molecule has 22 heavy (non-hydrogen) atoms. The van der Waals surface area contributed by atoms with Gasteiger partial charge in [0, 0.05) is 0 Å². The van der Waals surface area contributed by atoms with Crippen molar-refractivity contribution in [3.8, 4) is 0 Å². The maximum absolute atomic E-state index is 10.4. The van der Waals surface area contributed by atoms with Crippen molar-refractivity contribution in [1.82, 2.24) is 0 Å². The fourth-order valence-electron chi connectivity index (χ4n) is 1.77. The largest absolute Gasteiger partial charge is 1.00 e. The molecule has 0 heterocycles. The second-order valence-electron chi connectivity index (χ2n) is 4.96. The molecule has 0 aromatic carbocycles. The number of unbranched alkanes of at least 4 members (excludes halogenated alkanes) is 9. The molecular weight excluding hydrogens is 342 g/mol. The first-order chi connectivity index (χ1) is 9.56. The van der Waals surface area contributed by atoms with E-state index in [1.165, 1.54) is 44.9 Å². The summed E-state index contributed by atoms with van der Waals surface area (Å²) in [5, 5.41) is 0. The summed E-state index contributed by atoms with van der Waals surface area (Å²) in [5.41, 5.74) is 0. The van der Waals surface area contributed by atoms with E-state index in [9.17, 15) is 8.42 Å². The third-order valence-electron chi connectivity index (χ3n) is 2.76. The molecule has 0 radical (unpaired) electrons. The Morgan fingerprint density at radius 1 is 0.864 bits per heavy atom. The van der Waals surface area contributed by atoms with Crippen LogP contribution in [-0.4, -0.2) is 28.5 Å². The van der Waals surface area contributed by atoms with Crippen LogP contribution in [0, 0.1) is 0 Å². The van der Waals surface area contributed by atoms with Crippen molar-refractivity contribution < 1.29 is 61.8 Å². The summed E-state index contributed by atoms with van der Waals surface area (Å²) in [7, 11) is -8.62. The molecule has 7 nitrogen and oxygen atoms in total. The van der Waals surface area contributed by atoms with Crippen molar-refractivity contribution in [1.29, 1.82) is 0 Å². The van der Waals surface area contributed by atoms with Crippen molar-refractivity contribution in [3.05, 3.63) is 0 Å². The number of hydrogen-bond acceptors (Lipinski definition) is 4. The molecule has 0 bridgehead atoms. The summed E-state index contributed by atoms with van der Waals surface area (Å²) in [6.45, 7) is 2.22. The van der Waals surface area contributed by atoms with Gasteiger partial charge in [0.2, 0.25) is 0 Å². The molecule has 0 fully saturated rings. The van der Waals surface area contributed by atoms with Crippen LogP contribution in [0.1, 0.15) is 71.1 Å². The standard InChI is InChI=1S/C12H26O3S.Na.H3O4P/c1-2-3-4-5-6-7-8-9-10-11-12-16(13,14)15;;1-5(2,3)4/h2-12H2,1H3,(H,13,14,15);;(H3,1,2,3,4)/q;+1;/p-1. The van der Waals surface area contributed by atoms with Crippen LogP contribution in [0.15, 0.2) is 0 Å². The van der Waals surface area contributed by atoms with Crippen molar-refractivity contribution >= 4 is 17.9 Å². The van der Waals surface area contributed by atoms with Gasteiger partial charge in [0.15, 0.2) is 0 Å². The van der Waals surface area contributed by atoms with Crippen LogP contribution in [0.4, 0.5) is 0 Å². The van der Waals surface area contributed by atoms with Gasteiger partial charge in [-0.05, 0) is 6.42 Å². The minimum Gasteiger partial charge on any atom is -0.756 e. The summed E-state index contributed by atoms with van der Waals surface area (Å²) in [6, 6.07) is 0. The first kappa shape index (κ1) is 27.8. The van der Waals surface area contributed by atoms with Gasteiger partial charge in [-0.2, -0.15) is 8.42 Å². The van der Waals surface area contributed by atoms with Crippen LogP contribution in [0.2, 0.25) is 0 Å². The fraction of sp³-hybridized carbons (Fsp3) is 1.00. The number of phosphoric acid groups is 1. The summed E-state index contributed by atoms with van der Waals surface area (Å²) in [4.78, 5) is 22.9. The fourth-order valence-corrected chi connectivity index (χ4v) is 2.34. The Morgan fingerprint density at radius 2 is 1.14 bits per heavy atom. The zero-order valence-corrected chi connectivity index (χ0v) is 17.3. The molecule has 0 spiro atoms. The van der Waals surface area contributed by atoms with Gasteiger partial charge in [0.05, 0.1) is 5.75 Å². The Bertz CT molecular complexity index is 361. The van der Waals surface area contributed by atoms with Gasteiger partial charge in [-0.1, -0.05) is 64.7 Å². The van der Waals surface area contributed by atoms with Crippen molar-refractivity contribution in [2.45, 2.75) is 71.1 Å². The Morgan fingerprint density at radius 3 is 1.41 bits per heavy atom. The van der Waals surface area contributed by atoms with Crippen LogP contribution >= 0.6 is 7.82 Å². The maximum Gasteiger partial charge on any atom is 1.00 e. The maximum atomic E-state index is 10.4. The SMILES string of the molecule is CCCCCCCCCCCCS(=O)(=O)O.O=P([O-])(O)O.[Na+]. The van der Waals surface area contributed by atoms with Gasteiger partial charge in [0.1, 0.15) is 0 Å². The molecule has 0 aliphatic heterocycles. The van der Waals surface area contributed by atoms with Gasteiger partial charge in [0.25, 0.3) is 17.9 Å². The van der Waals surface area contributed by atoms with Gasteiger partial charge in [-0.3, -0.25) is 9.12 Å². The molecule has 0 saturated carbocycles. The molecule has 0 aromatic heterocycles. The topological polar surface area (TPSA) is 135 Å². The zero-order valence-electron chi connectivity index (χ0n) is 13.6. The summed E-state index contributed by atoms with van der Waals surface area (Å²) in [6.07, 6.45) is 11.7. The zero-order chi connectivity index (χ0) is 16.8. The van der Waals surface area contributed by atoms with Gasteiger partial charge in [-0.15, -0.1) is 0 Å². The minimum atomic E-state index is -4.89. The monoisotopic (exact) mass is 370 g/mol. The van der Waals surface area contributed by atoms with E-state index in [1.54, 1.807) is 0 Å². The second kappa shape index (κ2) is 16.9. The molecule has 0 saturated heterocycles. The Hall–Kier alpha value is 1.02. The van der Waals surface area contributed by atoms with E-state index in [0.29, 0.717) is 6.42 Å². The molecule has 0 aliphatic rings. The predicted octanol–water partition coefficient (Wildman–Crippen LogP) is -0.761. The molecule has 0 aliphatic carbocycles. The summed E-state index contributed by atoms with van der Waals surface area (Å²) in [5.74, 6) is -0.0799. The average Bonchev–Trinajstić information content (AvgIpc) is 2.28. The molecule has 3 N–H and O–H groups in total. The molecule has 0 rings (SSSR count). The van der Waals surface area contributed by atoms with Gasteiger partial charge < -0.3 is 14.7 Å².